The van der Waals surface area contributed by atoms with E-state index in [2.05, 4.69) is 21.0 Å². The molecule has 2 aromatic rings. The Morgan fingerprint density at radius 1 is 1.50 bits per heavy atom. The lowest BCUT2D eigenvalue weighted by atomic mass is 10.2. The molecule has 2 rings (SSSR count). The summed E-state index contributed by atoms with van der Waals surface area (Å²) in [6.45, 7) is 0. The second kappa shape index (κ2) is 4.93. The molecule has 84 valence electrons. The molecule has 1 aromatic heterocycles. The second-order valence-corrected chi connectivity index (χ2v) is 5.45. The summed E-state index contributed by atoms with van der Waals surface area (Å²) in [4.78, 5) is 1.16. The minimum Gasteiger partial charge on any atom is -0.398 e. The molecule has 0 unspecified atom stereocenters. The van der Waals surface area contributed by atoms with Gasteiger partial charge in [0.05, 0.1) is 6.20 Å². The molecule has 2 N–H and O–H groups in total. The van der Waals surface area contributed by atoms with Crippen LogP contribution in [0.25, 0.3) is 0 Å². The Balaban J connectivity index is 2.04. The number of rotatable bonds is 3. The van der Waals surface area contributed by atoms with Crippen LogP contribution in [0.4, 0.5) is 5.69 Å². The first-order chi connectivity index (χ1) is 7.65. The molecule has 0 amide bonds. The molecule has 0 fully saturated rings. The number of aryl methyl sites for hydroxylation is 1. The van der Waals surface area contributed by atoms with Crippen molar-refractivity contribution in [2.75, 3.05) is 5.73 Å². The molecule has 0 saturated heterocycles. The van der Waals surface area contributed by atoms with Gasteiger partial charge in [-0.15, -0.1) is 11.8 Å². The first-order valence-electron chi connectivity index (χ1n) is 4.80. The highest BCUT2D eigenvalue weighted by Gasteiger charge is 2.02. The Hall–Kier alpha value is -0.940. The van der Waals surface area contributed by atoms with Crippen LogP contribution in [0.2, 0.25) is 0 Å². The molecule has 1 heterocycles. The van der Waals surface area contributed by atoms with E-state index >= 15 is 0 Å². The van der Waals surface area contributed by atoms with E-state index in [0.717, 1.165) is 26.4 Å². The molecule has 3 nitrogen and oxygen atoms in total. The number of benzene rings is 1. The normalized spacial score (nSPS) is 10.6. The van der Waals surface area contributed by atoms with Gasteiger partial charge < -0.3 is 5.73 Å². The summed E-state index contributed by atoms with van der Waals surface area (Å²) in [6, 6.07) is 5.98. The van der Waals surface area contributed by atoms with Gasteiger partial charge in [0.15, 0.2) is 0 Å². The molecule has 0 bridgehead atoms. The fourth-order valence-electron chi connectivity index (χ4n) is 1.33. The van der Waals surface area contributed by atoms with Gasteiger partial charge in [0.1, 0.15) is 0 Å². The molecule has 0 spiro atoms. The number of aromatic nitrogens is 2. The van der Waals surface area contributed by atoms with Gasteiger partial charge >= 0.3 is 0 Å². The lowest BCUT2D eigenvalue weighted by Crippen LogP contribution is -1.92. The van der Waals surface area contributed by atoms with Crippen molar-refractivity contribution in [2.24, 2.45) is 7.05 Å². The van der Waals surface area contributed by atoms with Crippen LogP contribution in [0, 0.1) is 0 Å². The van der Waals surface area contributed by atoms with Crippen molar-refractivity contribution in [3.8, 4) is 0 Å². The van der Waals surface area contributed by atoms with E-state index in [1.165, 1.54) is 0 Å². The maximum absolute atomic E-state index is 5.93. The van der Waals surface area contributed by atoms with E-state index in [4.69, 9.17) is 5.73 Å². The molecule has 0 aliphatic heterocycles. The first kappa shape index (κ1) is 11.5. The number of thioether (sulfide) groups is 1. The van der Waals surface area contributed by atoms with Gasteiger partial charge in [-0.2, -0.15) is 5.10 Å². The Bertz CT molecular complexity index is 496. The van der Waals surface area contributed by atoms with Gasteiger partial charge in [-0.25, -0.2) is 0 Å². The minimum atomic E-state index is 0.825. The van der Waals surface area contributed by atoms with Crippen molar-refractivity contribution < 1.29 is 0 Å². The summed E-state index contributed by atoms with van der Waals surface area (Å²) in [5.41, 5.74) is 7.90. The van der Waals surface area contributed by atoms with Gasteiger partial charge in [-0.05, 0) is 17.7 Å². The quantitative estimate of drug-likeness (QED) is 0.699. The van der Waals surface area contributed by atoms with Crippen molar-refractivity contribution >= 4 is 33.4 Å². The van der Waals surface area contributed by atoms with E-state index < -0.39 is 0 Å². The SMILES string of the molecule is Cn1cc(SCc2ccc(Br)cc2N)cn1. The summed E-state index contributed by atoms with van der Waals surface area (Å²) < 4.78 is 2.81. The van der Waals surface area contributed by atoms with Gasteiger partial charge in [0, 0.05) is 34.1 Å². The van der Waals surface area contributed by atoms with Crippen LogP contribution in [0.5, 0.6) is 0 Å². The Kier molecular flexibility index (Phi) is 3.56. The fourth-order valence-corrected chi connectivity index (χ4v) is 2.64. The summed E-state index contributed by atoms with van der Waals surface area (Å²) in [5, 5.41) is 4.12. The number of nitrogens with two attached hydrogens (primary N) is 1. The second-order valence-electron chi connectivity index (χ2n) is 3.48. The number of hydrogen-bond donors (Lipinski definition) is 1. The molecule has 0 aliphatic rings. The average Bonchev–Trinajstić information content (AvgIpc) is 2.63. The zero-order valence-electron chi connectivity index (χ0n) is 8.85. The van der Waals surface area contributed by atoms with E-state index in [-0.39, 0.29) is 0 Å². The molecule has 5 heteroatoms. The third-order valence-corrected chi connectivity index (χ3v) is 3.68. The maximum Gasteiger partial charge on any atom is 0.0625 e. The largest absolute Gasteiger partial charge is 0.398 e. The lowest BCUT2D eigenvalue weighted by Gasteiger charge is -2.04. The van der Waals surface area contributed by atoms with Crippen LogP contribution < -0.4 is 5.73 Å². The number of nitrogens with zero attached hydrogens (tertiary/aromatic N) is 2. The van der Waals surface area contributed by atoms with Crippen molar-refractivity contribution in [3.63, 3.8) is 0 Å². The third-order valence-electron chi connectivity index (χ3n) is 2.18. The maximum atomic E-state index is 5.93. The molecule has 0 atom stereocenters. The molecule has 0 radical (unpaired) electrons. The molecular weight excluding hydrogens is 286 g/mol. The van der Waals surface area contributed by atoms with Crippen LogP contribution >= 0.6 is 27.7 Å². The highest BCUT2D eigenvalue weighted by atomic mass is 79.9. The van der Waals surface area contributed by atoms with Crippen molar-refractivity contribution in [1.29, 1.82) is 0 Å². The number of hydrogen-bond acceptors (Lipinski definition) is 3. The van der Waals surface area contributed by atoms with Crippen LogP contribution in [0.15, 0.2) is 40.0 Å². The number of nitrogen functional groups attached to an aromatic ring is 1. The highest BCUT2D eigenvalue weighted by Crippen LogP contribution is 2.26. The lowest BCUT2D eigenvalue weighted by molar-refractivity contribution is 0.766. The van der Waals surface area contributed by atoms with Gasteiger partial charge in [0.25, 0.3) is 0 Å². The minimum absolute atomic E-state index is 0.825. The smallest absolute Gasteiger partial charge is 0.0625 e. The Labute approximate surface area is 107 Å². The van der Waals surface area contributed by atoms with Gasteiger partial charge in [0.2, 0.25) is 0 Å². The molecule has 16 heavy (non-hydrogen) atoms. The van der Waals surface area contributed by atoms with Gasteiger partial charge in [-0.1, -0.05) is 22.0 Å². The zero-order chi connectivity index (χ0) is 11.5. The molecular formula is C11H12BrN3S. The van der Waals surface area contributed by atoms with Crippen LogP contribution in [0.1, 0.15) is 5.56 Å². The monoisotopic (exact) mass is 297 g/mol. The van der Waals surface area contributed by atoms with E-state index in [1.807, 2.05) is 37.6 Å². The van der Waals surface area contributed by atoms with Crippen LogP contribution in [-0.2, 0) is 12.8 Å². The number of anilines is 1. The predicted molar refractivity (Wildman–Crippen MR) is 71.3 cm³/mol. The predicted octanol–water partition coefficient (Wildman–Crippen LogP) is 3.06. The molecule has 0 saturated carbocycles. The highest BCUT2D eigenvalue weighted by molar-refractivity contribution is 9.10. The van der Waals surface area contributed by atoms with E-state index in [0.29, 0.717) is 0 Å². The van der Waals surface area contributed by atoms with E-state index in [9.17, 15) is 0 Å². The average molecular weight is 298 g/mol. The Morgan fingerprint density at radius 3 is 2.94 bits per heavy atom. The van der Waals surface area contributed by atoms with Crippen molar-refractivity contribution in [2.45, 2.75) is 10.6 Å². The summed E-state index contributed by atoms with van der Waals surface area (Å²) in [7, 11) is 1.91. The zero-order valence-corrected chi connectivity index (χ0v) is 11.3. The van der Waals surface area contributed by atoms with E-state index in [1.54, 1.807) is 16.4 Å². The fraction of sp³-hybridized carbons (Fsp3) is 0.182. The standard InChI is InChI=1S/C11H12BrN3S/c1-15-6-10(5-14-15)16-7-8-2-3-9(12)4-11(8)13/h2-6H,7,13H2,1H3. The van der Waals surface area contributed by atoms with Crippen LogP contribution in [-0.4, -0.2) is 9.78 Å². The first-order valence-corrected chi connectivity index (χ1v) is 6.58. The van der Waals surface area contributed by atoms with Gasteiger partial charge in [-0.3, -0.25) is 4.68 Å². The Morgan fingerprint density at radius 2 is 2.31 bits per heavy atom. The number of halogens is 1. The summed E-state index contributed by atoms with van der Waals surface area (Å²) in [5.74, 6) is 0.866. The van der Waals surface area contributed by atoms with Crippen molar-refractivity contribution in [3.05, 3.63) is 40.6 Å². The topological polar surface area (TPSA) is 43.8 Å². The third kappa shape index (κ3) is 2.80. The molecule has 1 aromatic carbocycles. The molecule has 0 aliphatic carbocycles. The van der Waals surface area contributed by atoms with Crippen molar-refractivity contribution in [1.82, 2.24) is 9.78 Å². The summed E-state index contributed by atoms with van der Waals surface area (Å²) in [6.07, 6.45) is 3.86. The summed E-state index contributed by atoms with van der Waals surface area (Å²) >= 11 is 5.13. The van der Waals surface area contributed by atoms with Crippen LogP contribution in [0.3, 0.4) is 0 Å².